The van der Waals surface area contributed by atoms with E-state index in [-0.39, 0.29) is 0 Å². The second-order valence-electron chi connectivity index (χ2n) is 1.98. The van der Waals surface area contributed by atoms with Crippen LogP contribution in [0.1, 0.15) is 0 Å². The fourth-order valence-corrected chi connectivity index (χ4v) is 2.15. The third kappa shape index (κ3) is 1.34. The van der Waals surface area contributed by atoms with Gasteiger partial charge >= 0.3 is 0 Å². The predicted molar refractivity (Wildman–Crippen MR) is 47.4 cm³/mol. The average molecular weight is 230 g/mol. The van der Waals surface area contributed by atoms with Crippen molar-refractivity contribution in [1.82, 2.24) is 15.4 Å². The summed E-state index contributed by atoms with van der Waals surface area (Å²) in [6.07, 6.45) is 1.71. The van der Waals surface area contributed by atoms with Crippen LogP contribution in [-0.4, -0.2) is 15.4 Å². The van der Waals surface area contributed by atoms with E-state index < -0.39 is 0 Å². The predicted octanol–water partition coefficient (Wildman–Crippen LogP) is 2.30. The Bertz CT molecular complexity index is 340. The van der Waals surface area contributed by atoms with Crippen LogP contribution in [-0.2, 0) is 0 Å². The van der Waals surface area contributed by atoms with E-state index in [9.17, 15) is 0 Å². The van der Waals surface area contributed by atoms with Crippen molar-refractivity contribution in [2.45, 2.75) is 0 Å². The maximum atomic E-state index is 3.95. The zero-order valence-electron chi connectivity index (χ0n) is 5.41. The van der Waals surface area contributed by atoms with Crippen molar-refractivity contribution in [1.29, 1.82) is 0 Å². The fourth-order valence-electron chi connectivity index (χ4n) is 0.768. The SMILES string of the molecule is Brc1csc(-c2cn[nH]n2)c1. The van der Waals surface area contributed by atoms with Crippen LogP contribution in [0.2, 0.25) is 0 Å². The summed E-state index contributed by atoms with van der Waals surface area (Å²) < 4.78 is 1.08. The minimum absolute atomic E-state index is 0.890. The van der Waals surface area contributed by atoms with E-state index in [1.54, 1.807) is 17.5 Å². The van der Waals surface area contributed by atoms with Crippen LogP contribution in [0.4, 0.5) is 0 Å². The summed E-state index contributed by atoms with van der Waals surface area (Å²) in [5.74, 6) is 0. The maximum absolute atomic E-state index is 3.95. The first kappa shape index (κ1) is 7.00. The molecule has 2 rings (SSSR count). The molecule has 0 saturated carbocycles. The number of halogens is 1. The molecule has 2 aromatic heterocycles. The topological polar surface area (TPSA) is 41.6 Å². The molecule has 0 bridgehead atoms. The maximum Gasteiger partial charge on any atom is 0.122 e. The number of hydrogen-bond acceptors (Lipinski definition) is 3. The van der Waals surface area contributed by atoms with E-state index in [0.717, 1.165) is 15.0 Å². The Morgan fingerprint density at radius 3 is 3.00 bits per heavy atom. The molecule has 5 heteroatoms. The van der Waals surface area contributed by atoms with Gasteiger partial charge in [-0.2, -0.15) is 15.4 Å². The summed E-state index contributed by atoms with van der Waals surface area (Å²) in [7, 11) is 0. The molecule has 0 saturated heterocycles. The molecular formula is C6H4BrN3S. The minimum Gasteiger partial charge on any atom is -0.197 e. The van der Waals surface area contributed by atoms with Gasteiger partial charge in [0.2, 0.25) is 0 Å². The first-order valence-corrected chi connectivity index (χ1v) is 4.64. The largest absolute Gasteiger partial charge is 0.197 e. The van der Waals surface area contributed by atoms with Gasteiger partial charge in [0.15, 0.2) is 0 Å². The van der Waals surface area contributed by atoms with Gasteiger partial charge in [0, 0.05) is 9.85 Å². The van der Waals surface area contributed by atoms with Crippen LogP contribution in [0.25, 0.3) is 10.6 Å². The molecule has 0 aromatic carbocycles. The molecule has 2 aromatic rings. The van der Waals surface area contributed by atoms with E-state index in [2.05, 4.69) is 31.3 Å². The molecule has 0 atom stereocenters. The fraction of sp³-hybridized carbons (Fsp3) is 0. The summed E-state index contributed by atoms with van der Waals surface area (Å²) in [5.41, 5.74) is 0.890. The first-order valence-electron chi connectivity index (χ1n) is 2.96. The van der Waals surface area contributed by atoms with Crippen molar-refractivity contribution in [3.05, 3.63) is 22.1 Å². The van der Waals surface area contributed by atoms with Gasteiger partial charge in [0.1, 0.15) is 5.69 Å². The van der Waals surface area contributed by atoms with Crippen molar-refractivity contribution >= 4 is 27.3 Å². The van der Waals surface area contributed by atoms with Crippen molar-refractivity contribution < 1.29 is 0 Å². The normalized spacial score (nSPS) is 10.3. The van der Waals surface area contributed by atoms with Gasteiger partial charge < -0.3 is 0 Å². The van der Waals surface area contributed by atoms with Crippen LogP contribution in [0.5, 0.6) is 0 Å². The lowest BCUT2D eigenvalue weighted by Crippen LogP contribution is -1.70. The summed E-state index contributed by atoms with van der Waals surface area (Å²) >= 11 is 5.01. The molecule has 56 valence electrons. The number of rotatable bonds is 1. The lowest BCUT2D eigenvalue weighted by Gasteiger charge is -1.82. The quantitative estimate of drug-likeness (QED) is 0.816. The van der Waals surface area contributed by atoms with Crippen molar-refractivity contribution in [2.75, 3.05) is 0 Å². The lowest BCUT2D eigenvalue weighted by molar-refractivity contribution is 0.942. The highest BCUT2D eigenvalue weighted by molar-refractivity contribution is 9.10. The van der Waals surface area contributed by atoms with Crippen molar-refractivity contribution in [3.8, 4) is 10.6 Å². The Morgan fingerprint density at radius 2 is 2.45 bits per heavy atom. The number of thiophene rings is 1. The zero-order valence-corrected chi connectivity index (χ0v) is 7.82. The third-order valence-corrected chi connectivity index (χ3v) is 2.95. The number of aromatic amines is 1. The van der Waals surface area contributed by atoms with Gasteiger partial charge in [-0.3, -0.25) is 0 Å². The van der Waals surface area contributed by atoms with E-state index in [1.807, 2.05) is 11.4 Å². The molecule has 0 radical (unpaired) electrons. The summed E-state index contributed by atoms with van der Waals surface area (Å²) in [6.45, 7) is 0. The summed E-state index contributed by atoms with van der Waals surface area (Å²) in [5, 5.41) is 12.3. The Balaban J connectivity index is 2.45. The molecule has 0 amide bonds. The van der Waals surface area contributed by atoms with Gasteiger partial charge in [-0.05, 0) is 22.0 Å². The Labute approximate surface area is 75.6 Å². The first-order chi connectivity index (χ1) is 5.36. The molecule has 1 N–H and O–H groups in total. The van der Waals surface area contributed by atoms with E-state index in [0.29, 0.717) is 0 Å². The zero-order chi connectivity index (χ0) is 7.68. The van der Waals surface area contributed by atoms with Gasteiger partial charge in [0.25, 0.3) is 0 Å². The molecule has 0 unspecified atom stereocenters. The molecule has 11 heavy (non-hydrogen) atoms. The molecule has 0 fully saturated rings. The van der Waals surface area contributed by atoms with Crippen LogP contribution in [0, 0.1) is 0 Å². The molecule has 0 aliphatic carbocycles. The van der Waals surface area contributed by atoms with Gasteiger partial charge in [-0.1, -0.05) is 0 Å². The molecule has 3 nitrogen and oxygen atoms in total. The molecule has 0 spiro atoms. The number of H-pyrrole nitrogens is 1. The second kappa shape index (κ2) is 2.75. The van der Waals surface area contributed by atoms with Crippen molar-refractivity contribution in [2.24, 2.45) is 0 Å². The second-order valence-corrected chi connectivity index (χ2v) is 3.81. The highest BCUT2D eigenvalue weighted by Gasteiger charge is 2.02. The highest BCUT2D eigenvalue weighted by Crippen LogP contribution is 2.27. The Kier molecular flexibility index (Phi) is 1.75. The molecule has 0 aliphatic rings. The summed E-state index contributed by atoms with van der Waals surface area (Å²) in [6, 6.07) is 2.02. The average Bonchev–Trinajstić information content (AvgIpc) is 2.55. The van der Waals surface area contributed by atoms with Crippen LogP contribution < -0.4 is 0 Å². The van der Waals surface area contributed by atoms with E-state index in [1.165, 1.54) is 0 Å². The van der Waals surface area contributed by atoms with Gasteiger partial charge in [-0.15, -0.1) is 11.3 Å². The Hall–Kier alpha value is -0.680. The smallest absolute Gasteiger partial charge is 0.122 e. The molecule has 2 heterocycles. The minimum atomic E-state index is 0.890. The number of hydrogen-bond donors (Lipinski definition) is 1. The number of nitrogens with zero attached hydrogens (tertiary/aromatic N) is 2. The van der Waals surface area contributed by atoms with E-state index >= 15 is 0 Å². The summed E-state index contributed by atoms with van der Waals surface area (Å²) in [4.78, 5) is 1.12. The number of aromatic nitrogens is 3. The highest BCUT2D eigenvalue weighted by atomic mass is 79.9. The Morgan fingerprint density at radius 1 is 1.55 bits per heavy atom. The van der Waals surface area contributed by atoms with Crippen LogP contribution in [0.15, 0.2) is 22.1 Å². The van der Waals surface area contributed by atoms with Crippen molar-refractivity contribution in [3.63, 3.8) is 0 Å². The van der Waals surface area contributed by atoms with E-state index in [4.69, 9.17) is 0 Å². The molecule has 0 aliphatic heterocycles. The van der Waals surface area contributed by atoms with Crippen LogP contribution >= 0.6 is 27.3 Å². The van der Waals surface area contributed by atoms with Gasteiger partial charge in [0.05, 0.1) is 11.1 Å². The monoisotopic (exact) mass is 229 g/mol. The molecular weight excluding hydrogens is 226 g/mol. The lowest BCUT2D eigenvalue weighted by atomic mass is 10.4. The number of nitrogens with one attached hydrogen (secondary N) is 1. The van der Waals surface area contributed by atoms with Gasteiger partial charge in [-0.25, -0.2) is 0 Å². The van der Waals surface area contributed by atoms with Crippen LogP contribution in [0.3, 0.4) is 0 Å². The third-order valence-electron chi connectivity index (χ3n) is 1.23. The standard InChI is InChI=1S/C6H4BrN3S/c7-4-1-6(11-3-4)5-2-8-10-9-5/h1-3H,(H,8,9,10).